The molecule has 14 heavy (non-hydrogen) atoms. The lowest BCUT2D eigenvalue weighted by atomic mass is 10.4. The predicted octanol–water partition coefficient (Wildman–Crippen LogP) is -0.338. The fourth-order valence-electron chi connectivity index (χ4n) is 0.971. The van der Waals surface area contributed by atoms with E-state index >= 15 is 0 Å². The Morgan fingerprint density at radius 3 is 3.00 bits per heavy atom. The molecule has 0 saturated carbocycles. The van der Waals surface area contributed by atoms with E-state index in [1.165, 1.54) is 0 Å². The van der Waals surface area contributed by atoms with Gasteiger partial charge in [0, 0.05) is 24.2 Å². The average molecular weight is 215 g/mol. The van der Waals surface area contributed by atoms with E-state index in [9.17, 15) is 9.59 Å². The van der Waals surface area contributed by atoms with Gasteiger partial charge in [0.1, 0.15) is 0 Å². The predicted molar refractivity (Wildman–Crippen MR) is 55.3 cm³/mol. The molecular weight excluding hydrogens is 202 g/mol. The van der Waals surface area contributed by atoms with E-state index in [0.717, 1.165) is 17.0 Å². The summed E-state index contributed by atoms with van der Waals surface area (Å²) in [5.74, 6) is -0.0370. The van der Waals surface area contributed by atoms with Gasteiger partial charge >= 0.3 is 4.87 Å². The van der Waals surface area contributed by atoms with E-state index in [4.69, 9.17) is 0 Å². The van der Waals surface area contributed by atoms with Crippen LogP contribution in [0.15, 0.2) is 10.2 Å². The second kappa shape index (κ2) is 5.56. The number of H-pyrrole nitrogens is 1. The van der Waals surface area contributed by atoms with Crippen LogP contribution in [0.3, 0.4) is 0 Å². The van der Waals surface area contributed by atoms with E-state index in [-0.39, 0.29) is 17.3 Å². The number of hydrogen-bond donors (Lipinski definition) is 3. The molecule has 0 aliphatic heterocycles. The van der Waals surface area contributed by atoms with Gasteiger partial charge in [-0.3, -0.25) is 9.59 Å². The van der Waals surface area contributed by atoms with Crippen molar-refractivity contribution in [3.8, 4) is 0 Å². The quantitative estimate of drug-likeness (QED) is 0.629. The molecule has 1 heterocycles. The van der Waals surface area contributed by atoms with Gasteiger partial charge in [0.2, 0.25) is 5.91 Å². The van der Waals surface area contributed by atoms with Crippen molar-refractivity contribution in [2.45, 2.75) is 13.5 Å². The third kappa shape index (κ3) is 3.71. The van der Waals surface area contributed by atoms with Gasteiger partial charge in [-0.1, -0.05) is 11.3 Å². The summed E-state index contributed by atoms with van der Waals surface area (Å²) in [5, 5.41) is 7.33. The summed E-state index contributed by atoms with van der Waals surface area (Å²) in [6, 6.07) is 0. The minimum Gasteiger partial charge on any atom is -0.355 e. The van der Waals surface area contributed by atoms with Crippen LogP contribution in [-0.4, -0.2) is 24.0 Å². The first-order valence-electron chi connectivity index (χ1n) is 4.36. The van der Waals surface area contributed by atoms with Crippen molar-refractivity contribution >= 4 is 17.2 Å². The van der Waals surface area contributed by atoms with E-state index < -0.39 is 0 Å². The minimum absolute atomic E-state index is 0.0370. The number of nitrogens with one attached hydrogen (secondary N) is 3. The molecule has 0 saturated heterocycles. The highest BCUT2D eigenvalue weighted by atomic mass is 32.1. The van der Waals surface area contributed by atoms with E-state index in [1.807, 2.05) is 6.92 Å². The third-order valence-corrected chi connectivity index (χ3v) is 2.26. The molecule has 0 aliphatic rings. The van der Waals surface area contributed by atoms with Gasteiger partial charge in [-0.15, -0.1) is 0 Å². The summed E-state index contributed by atoms with van der Waals surface area (Å²) >= 11 is 1.12. The van der Waals surface area contributed by atoms with Crippen LogP contribution in [0, 0.1) is 0 Å². The van der Waals surface area contributed by atoms with Crippen molar-refractivity contribution in [2.75, 3.05) is 13.1 Å². The molecule has 0 atom stereocenters. The summed E-state index contributed by atoms with van der Waals surface area (Å²) in [4.78, 5) is 24.3. The fraction of sp³-hybridized carbons (Fsp3) is 0.500. The van der Waals surface area contributed by atoms with Gasteiger partial charge in [0.05, 0.1) is 6.54 Å². The molecule has 1 aromatic rings. The van der Waals surface area contributed by atoms with Crippen molar-refractivity contribution in [3.05, 3.63) is 20.7 Å². The van der Waals surface area contributed by atoms with Gasteiger partial charge in [0.15, 0.2) is 0 Å². The van der Waals surface area contributed by atoms with E-state index in [1.54, 1.807) is 5.38 Å². The highest BCUT2D eigenvalue weighted by molar-refractivity contribution is 7.07. The summed E-state index contributed by atoms with van der Waals surface area (Å²) in [7, 11) is 0. The zero-order chi connectivity index (χ0) is 10.4. The maximum Gasteiger partial charge on any atom is 0.304 e. The van der Waals surface area contributed by atoms with Crippen LogP contribution in [0.2, 0.25) is 0 Å². The number of aromatic nitrogens is 1. The molecule has 6 heteroatoms. The first-order valence-corrected chi connectivity index (χ1v) is 5.24. The Hall–Kier alpha value is -1.14. The van der Waals surface area contributed by atoms with Crippen LogP contribution >= 0.6 is 11.3 Å². The first kappa shape index (κ1) is 10.9. The number of hydrogen-bond acceptors (Lipinski definition) is 4. The van der Waals surface area contributed by atoms with Crippen LogP contribution in [0.5, 0.6) is 0 Å². The molecule has 1 aromatic heterocycles. The topological polar surface area (TPSA) is 74.0 Å². The zero-order valence-electron chi connectivity index (χ0n) is 7.92. The lowest BCUT2D eigenvalue weighted by Gasteiger charge is -2.02. The fourth-order valence-corrected chi connectivity index (χ4v) is 1.55. The maximum atomic E-state index is 11.0. The Labute approximate surface area is 85.5 Å². The molecule has 0 bridgehead atoms. The number of likely N-dealkylation sites (N-methyl/N-ethyl adjacent to an activating group) is 1. The van der Waals surface area contributed by atoms with Crippen LogP contribution in [0.4, 0.5) is 0 Å². The van der Waals surface area contributed by atoms with Crippen LogP contribution < -0.4 is 15.5 Å². The molecule has 1 amide bonds. The molecular formula is C8H13N3O2S. The Balaban J connectivity index is 2.22. The highest BCUT2D eigenvalue weighted by Crippen LogP contribution is 1.93. The molecule has 0 radical (unpaired) electrons. The van der Waals surface area contributed by atoms with Crippen molar-refractivity contribution in [3.63, 3.8) is 0 Å². The zero-order valence-corrected chi connectivity index (χ0v) is 8.74. The summed E-state index contributed by atoms with van der Waals surface area (Å²) in [6.07, 6.45) is 0. The lowest BCUT2D eigenvalue weighted by molar-refractivity contribution is -0.120. The van der Waals surface area contributed by atoms with Gasteiger partial charge in [-0.2, -0.15) is 0 Å². The third-order valence-electron chi connectivity index (χ3n) is 1.55. The number of amides is 1. The van der Waals surface area contributed by atoms with E-state index in [2.05, 4.69) is 15.6 Å². The largest absolute Gasteiger partial charge is 0.355 e. The van der Waals surface area contributed by atoms with E-state index in [0.29, 0.717) is 13.1 Å². The second-order valence-corrected chi connectivity index (χ2v) is 3.57. The Morgan fingerprint density at radius 1 is 1.64 bits per heavy atom. The second-order valence-electron chi connectivity index (χ2n) is 2.73. The summed E-state index contributed by atoms with van der Waals surface area (Å²) in [5.41, 5.74) is 0.810. The number of thiazole rings is 1. The smallest absolute Gasteiger partial charge is 0.304 e. The van der Waals surface area contributed by atoms with Gasteiger partial charge in [0.25, 0.3) is 0 Å². The Bertz CT molecular complexity index is 344. The number of rotatable bonds is 5. The SMILES string of the molecule is CCNC(=O)CNCc1csc(=O)[nH]1. The van der Waals surface area contributed by atoms with Gasteiger partial charge < -0.3 is 15.6 Å². The Morgan fingerprint density at radius 2 is 2.43 bits per heavy atom. The van der Waals surface area contributed by atoms with Crippen molar-refractivity contribution in [2.24, 2.45) is 0 Å². The van der Waals surface area contributed by atoms with Crippen molar-refractivity contribution in [1.82, 2.24) is 15.6 Å². The lowest BCUT2D eigenvalue weighted by Crippen LogP contribution is -2.33. The molecule has 3 N–H and O–H groups in total. The number of aromatic amines is 1. The maximum absolute atomic E-state index is 11.0. The number of carbonyl (C=O) groups excluding carboxylic acids is 1. The van der Waals surface area contributed by atoms with Gasteiger partial charge in [-0.05, 0) is 6.92 Å². The molecule has 0 unspecified atom stereocenters. The van der Waals surface area contributed by atoms with Gasteiger partial charge in [-0.25, -0.2) is 0 Å². The molecule has 1 rings (SSSR count). The van der Waals surface area contributed by atoms with Crippen LogP contribution in [-0.2, 0) is 11.3 Å². The van der Waals surface area contributed by atoms with Crippen molar-refractivity contribution in [1.29, 1.82) is 0 Å². The minimum atomic E-state index is -0.0696. The van der Waals surface area contributed by atoms with Crippen LogP contribution in [0.1, 0.15) is 12.6 Å². The highest BCUT2D eigenvalue weighted by Gasteiger charge is 1.99. The molecule has 0 aliphatic carbocycles. The van der Waals surface area contributed by atoms with Crippen LogP contribution in [0.25, 0.3) is 0 Å². The molecule has 0 spiro atoms. The normalized spacial score (nSPS) is 10.1. The molecule has 78 valence electrons. The summed E-state index contributed by atoms with van der Waals surface area (Å²) in [6.45, 7) is 3.28. The molecule has 0 fully saturated rings. The monoisotopic (exact) mass is 215 g/mol. The molecule has 0 aromatic carbocycles. The summed E-state index contributed by atoms with van der Waals surface area (Å²) < 4.78 is 0. The average Bonchev–Trinajstić information content (AvgIpc) is 2.52. The first-order chi connectivity index (χ1) is 6.72. The Kier molecular flexibility index (Phi) is 4.34. The number of carbonyl (C=O) groups is 1. The molecule has 5 nitrogen and oxygen atoms in total. The standard InChI is InChI=1S/C8H13N3O2S/c1-2-10-7(12)4-9-3-6-5-14-8(13)11-6/h5,9H,2-4H2,1H3,(H,10,12)(H,11,13). The van der Waals surface area contributed by atoms with Crippen molar-refractivity contribution < 1.29 is 4.79 Å².